The normalized spacial score (nSPS) is 21.1. The number of nitrogens with zero attached hydrogens (tertiary/aromatic N) is 1. The van der Waals surface area contributed by atoms with Crippen LogP contribution in [-0.4, -0.2) is 31.2 Å². The van der Waals surface area contributed by atoms with E-state index in [1.165, 1.54) is 17.7 Å². The van der Waals surface area contributed by atoms with Crippen LogP contribution in [0.1, 0.15) is 22.6 Å². The number of nitrogens with one attached hydrogen (secondary N) is 1. The number of carbonyl (C=O) groups is 1. The standard InChI is InChI=1S/C27H26F2N2O3/c1-33-20-9-7-17(8-10-20)13-31-14-21-22(15-31)25(21)26-23(28)11-19(12-24(26)29)30-27(32)34-16-18-5-3-2-4-6-18/h2-12,21-22,25H,13-16H2,1H3,(H,30,32)/t21-,22+,25+. The number of carbonyl (C=O) groups excluding carboxylic acids is 1. The summed E-state index contributed by atoms with van der Waals surface area (Å²) in [5, 5.41) is 2.41. The number of hydrogen-bond donors (Lipinski definition) is 1. The average Bonchev–Trinajstić information content (AvgIpc) is 3.30. The highest BCUT2D eigenvalue weighted by atomic mass is 19.1. The van der Waals surface area contributed by atoms with Gasteiger partial charge in [0.05, 0.1) is 7.11 Å². The van der Waals surface area contributed by atoms with Gasteiger partial charge in [-0.25, -0.2) is 13.6 Å². The monoisotopic (exact) mass is 464 g/mol. The minimum atomic E-state index is -0.757. The van der Waals surface area contributed by atoms with Gasteiger partial charge in [0.25, 0.3) is 0 Å². The molecule has 3 aromatic rings. The Morgan fingerprint density at radius 3 is 2.24 bits per heavy atom. The second-order valence-corrected chi connectivity index (χ2v) is 8.94. The van der Waals surface area contributed by atoms with Gasteiger partial charge in [-0.15, -0.1) is 0 Å². The molecule has 0 spiro atoms. The first kappa shape index (κ1) is 22.3. The Morgan fingerprint density at radius 2 is 1.62 bits per heavy atom. The van der Waals surface area contributed by atoms with Crippen molar-refractivity contribution in [2.75, 3.05) is 25.5 Å². The minimum Gasteiger partial charge on any atom is -0.497 e. The first-order valence-electron chi connectivity index (χ1n) is 11.3. The summed E-state index contributed by atoms with van der Waals surface area (Å²) in [6.07, 6.45) is -0.757. The number of likely N-dealkylation sites (tertiary alicyclic amines) is 1. The van der Waals surface area contributed by atoms with Crippen molar-refractivity contribution in [1.29, 1.82) is 0 Å². The van der Waals surface area contributed by atoms with Gasteiger partial charge in [-0.3, -0.25) is 10.2 Å². The quantitative estimate of drug-likeness (QED) is 0.497. The van der Waals surface area contributed by atoms with Gasteiger partial charge in [-0.1, -0.05) is 42.5 Å². The number of hydrogen-bond acceptors (Lipinski definition) is 4. The van der Waals surface area contributed by atoms with Crippen molar-refractivity contribution in [3.63, 3.8) is 0 Å². The lowest BCUT2D eigenvalue weighted by atomic mass is 10.0. The number of anilines is 1. The lowest BCUT2D eigenvalue weighted by Crippen LogP contribution is -2.24. The first-order valence-corrected chi connectivity index (χ1v) is 11.3. The number of piperidine rings is 1. The fourth-order valence-corrected chi connectivity index (χ4v) is 5.01. The smallest absolute Gasteiger partial charge is 0.411 e. The number of amides is 1. The Labute approximate surface area is 197 Å². The molecule has 1 N–H and O–H groups in total. The van der Waals surface area contributed by atoms with Gasteiger partial charge in [-0.05, 0) is 53.1 Å². The lowest BCUT2D eigenvalue weighted by molar-refractivity contribution is 0.155. The Balaban J connectivity index is 1.16. The molecule has 3 aromatic carbocycles. The molecule has 5 rings (SSSR count). The minimum absolute atomic E-state index is 0.0451. The number of benzene rings is 3. The molecule has 1 saturated heterocycles. The molecule has 7 heteroatoms. The summed E-state index contributed by atoms with van der Waals surface area (Å²) >= 11 is 0. The van der Waals surface area contributed by atoms with Crippen LogP contribution < -0.4 is 10.1 Å². The molecule has 1 saturated carbocycles. The van der Waals surface area contributed by atoms with E-state index < -0.39 is 17.7 Å². The molecule has 5 nitrogen and oxygen atoms in total. The summed E-state index contributed by atoms with van der Waals surface area (Å²) in [4.78, 5) is 14.4. The molecule has 1 amide bonds. The van der Waals surface area contributed by atoms with E-state index in [2.05, 4.69) is 10.2 Å². The number of fused-ring (bicyclic) bond motifs is 1. The Morgan fingerprint density at radius 1 is 0.971 bits per heavy atom. The second-order valence-electron chi connectivity index (χ2n) is 8.94. The molecule has 0 aromatic heterocycles. The maximum atomic E-state index is 14.9. The predicted molar refractivity (Wildman–Crippen MR) is 125 cm³/mol. The predicted octanol–water partition coefficient (Wildman–Crippen LogP) is 5.57. The van der Waals surface area contributed by atoms with Crippen molar-refractivity contribution in [1.82, 2.24) is 4.90 Å². The average molecular weight is 465 g/mol. The second kappa shape index (κ2) is 9.43. The number of rotatable bonds is 7. The van der Waals surface area contributed by atoms with Gasteiger partial charge in [0.1, 0.15) is 24.0 Å². The number of methoxy groups -OCH3 is 1. The van der Waals surface area contributed by atoms with Crippen LogP contribution in [0.4, 0.5) is 19.3 Å². The van der Waals surface area contributed by atoms with E-state index in [-0.39, 0.29) is 35.6 Å². The van der Waals surface area contributed by atoms with Gasteiger partial charge in [0.2, 0.25) is 0 Å². The van der Waals surface area contributed by atoms with E-state index in [1.54, 1.807) is 7.11 Å². The van der Waals surface area contributed by atoms with Crippen LogP contribution in [0.2, 0.25) is 0 Å². The number of ether oxygens (including phenoxy) is 2. The molecule has 2 aliphatic rings. The molecule has 1 heterocycles. The topological polar surface area (TPSA) is 50.8 Å². The van der Waals surface area contributed by atoms with Crippen molar-refractivity contribution >= 4 is 11.8 Å². The van der Waals surface area contributed by atoms with E-state index in [9.17, 15) is 13.6 Å². The highest BCUT2D eigenvalue weighted by molar-refractivity contribution is 5.84. The van der Waals surface area contributed by atoms with Crippen molar-refractivity contribution in [3.05, 3.63) is 95.1 Å². The van der Waals surface area contributed by atoms with Crippen molar-refractivity contribution in [2.45, 2.75) is 19.1 Å². The van der Waals surface area contributed by atoms with Crippen LogP contribution in [0.25, 0.3) is 0 Å². The third kappa shape index (κ3) is 4.75. The zero-order valence-corrected chi connectivity index (χ0v) is 18.8. The van der Waals surface area contributed by atoms with Crippen molar-refractivity contribution in [3.8, 4) is 5.75 Å². The van der Waals surface area contributed by atoms with Crippen molar-refractivity contribution in [2.24, 2.45) is 11.8 Å². The van der Waals surface area contributed by atoms with Crippen LogP contribution in [0, 0.1) is 23.5 Å². The van der Waals surface area contributed by atoms with E-state index in [4.69, 9.17) is 9.47 Å². The van der Waals surface area contributed by atoms with Gasteiger partial charge in [0, 0.05) is 30.9 Å². The van der Waals surface area contributed by atoms with Crippen molar-refractivity contribution < 1.29 is 23.0 Å². The molecule has 1 aliphatic heterocycles. The van der Waals surface area contributed by atoms with Crippen LogP contribution in [-0.2, 0) is 17.9 Å². The van der Waals surface area contributed by atoms with Crippen LogP contribution in [0.3, 0.4) is 0 Å². The Kier molecular flexibility index (Phi) is 6.20. The van der Waals surface area contributed by atoms with Crippen LogP contribution in [0.15, 0.2) is 66.7 Å². The Bertz CT molecular complexity index is 1140. The molecule has 1 aliphatic carbocycles. The van der Waals surface area contributed by atoms with Gasteiger partial charge in [-0.2, -0.15) is 0 Å². The first-order chi connectivity index (χ1) is 16.5. The third-order valence-electron chi connectivity index (χ3n) is 6.71. The zero-order chi connectivity index (χ0) is 23.7. The SMILES string of the molecule is COc1ccc(CN2C[C@@H]3[C@H](C2)[C@H]3c2c(F)cc(NC(=O)OCc3ccccc3)cc2F)cc1. The third-order valence-corrected chi connectivity index (χ3v) is 6.71. The van der Waals surface area contributed by atoms with E-state index >= 15 is 0 Å². The summed E-state index contributed by atoms with van der Waals surface area (Å²) in [7, 11) is 1.64. The highest BCUT2D eigenvalue weighted by Crippen LogP contribution is 2.59. The molecule has 34 heavy (non-hydrogen) atoms. The molecule has 0 bridgehead atoms. The van der Waals surface area contributed by atoms with Gasteiger partial charge in [0.15, 0.2) is 0 Å². The molecule has 176 valence electrons. The molecular formula is C27H26F2N2O3. The maximum absolute atomic E-state index is 14.9. The summed E-state index contributed by atoms with van der Waals surface area (Å²) < 4.78 is 40.1. The van der Waals surface area contributed by atoms with E-state index in [1.807, 2.05) is 54.6 Å². The summed E-state index contributed by atoms with van der Waals surface area (Å²) in [5.41, 5.74) is 2.18. The maximum Gasteiger partial charge on any atom is 0.411 e. The van der Waals surface area contributed by atoms with Crippen LogP contribution in [0.5, 0.6) is 5.75 Å². The van der Waals surface area contributed by atoms with Crippen LogP contribution >= 0.6 is 0 Å². The molecular weight excluding hydrogens is 438 g/mol. The highest BCUT2D eigenvalue weighted by Gasteiger charge is 2.57. The molecule has 3 atom stereocenters. The van der Waals surface area contributed by atoms with Gasteiger partial charge >= 0.3 is 6.09 Å². The fraction of sp³-hybridized carbons (Fsp3) is 0.296. The molecule has 0 radical (unpaired) electrons. The summed E-state index contributed by atoms with van der Waals surface area (Å²) in [6, 6.07) is 19.5. The Hall–Kier alpha value is -3.45. The lowest BCUT2D eigenvalue weighted by Gasteiger charge is -2.20. The van der Waals surface area contributed by atoms with E-state index in [0.29, 0.717) is 0 Å². The summed E-state index contributed by atoms with van der Waals surface area (Å²) in [6.45, 7) is 2.51. The van der Waals surface area contributed by atoms with Gasteiger partial charge < -0.3 is 9.47 Å². The summed E-state index contributed by atoms with van der Waals surface area (Å²) in [5.74, 6) is -0.0552. The molecule has 2 fully saturated rings. The largest absolute Gasteiger partial charge is 0.497 e. The zero-order valence-electron chi connectivity index (χ0n) is 18.8. The fourth-order valence-electron chi connectivity index (χ4n) is 5.01. The molecule has 0 unspecified atom stereocenters. The van der Waals surface area contributed by atoms with E-state index in [0.717, 1.165) is 30.9 Å². The number of halogens is 2.